The highest BCUT2D eigenvalue weighted by molar-refractivity contribution is 5.68. The third-order valence-corrected chi connectivity index (χ3v) is 3.51. The van der Waals surface area contributed by atoms with Gasteiger partial charge in [0.25, 0.3) is 0 Å². The molecule has 1 aromatic heterocycles. The zero-order chi connectivity index (χ0) is 15.5. The Labute approximate surface area is 126 Å². The fraction of sp³-hybridized carbons (Fsp3) is 0.625. The molecule has 1 unspecified atom stereocenters. The van der Waals surface area contributed by atoms with Gasteiger partial charge in [0.1, 0.15) is 5.60 Å². The summed E-state index contributed by atoms with van der Waals surface area (Å²) in [5.41, 5.74) is 0.690. The number of carbonyl (C=O) groups excluding carboxylic acids is 1. The zero-order valence-electron chi connectivity index (χ0n) is 13.3. The molecule has 0 N–H and O–H groups in total. The average molecular weight is 292 g/mol. The van der Waals surface area contributed by atoms with E-state index in [0.29, 0.717) is 18.3 Å². The van der Waals surface area contributed by atoms with Crippen LogP contribution in [0.4, 0.5) is 4.79 Å². The van der Waals surface area contributed by atoms with Crippen molar-refractivity contribution < 1.29 is 14.3 Å². The first-order valence-electron chi connectivity index (χ1n) is 7.37. The van der Waals surface area contributed by atoms with Crippen LogP contribution in [0.5, 0.6) is 5.88 Å². The smallest absolute Gasteiger partial charge is 0.410 e. The van der Waals surface area contributed by atoms with Gasteiger partial charge in [-0.15, -0.1) is 0 Å². The van der Waals surface area contributed by atoms with Crippen molar-refractivity contribution in [3.8, 4) is 5.88 Å². The van der Waals surface area contributed by atoms with E-state index in [9.17, 15) is 4.79 Å². The first kappa shape index (κ1) is 15.6. The van der Waals surface area contributed by atoms with E-state index >= 15 is 0 Å². The minimum Gasteiger partial charge on any atom is -0.481 e. The summed E-state index contributed by atoms with van der Waals surface area (Å²) in [6, 6.07) is 3.89. The fourth-order valence-electron chi connectivity index (χ4n) is 2.50. The van der Waals surface area contributed by atoms with Gasteiger partial charge in [-0.2, -0.15) is 0 Å². The number of hydrogen-bond donors (Lipinski definition) is 0. The van der Waals surface area contributed by atoms with E-state index < -0.39 is 5.60 Å². The lowest BCUT2D eigenvalue weighted by Crippen LogP contribution is -2.42. The normalized spacial score (nSPS) is 19.2. The van der Waals surface area contributed by atoms with E-state index in [1.807, 2.05) is 39.1 Å². The van der Waals surface area contributed by atoms with Gasteiger partial charge in [-0.1, -0.05) is 6.07 Å². The van der Waals surface area contributed by atoms with Crippen molar-refractivity contribution in [2.45, 2.75) is 45.1 Å². The second-order valence-electron chi connectivity index (χ2n) is 6.40. The van der Waals surface area contributed by atoms with Gasteiger partial charge in [0, 0.05) is 31.3 Å². The molecule has 1 aliphatic rings. The summed E-state index contributed by atoms with van der Waals surface area (Å²) in [5.74, 6) is 0.920. The lowest BCUT2D eigenvalue weighted by molar-refractivity contribution is 0.0198. The lowest BCUT2D eigenvalue weighted by atomic mass is 9.92. The molecule has 116 valence electrons. The third-order valence-electron chi connectivity index (χ3n) is 3.51. The Morgan fingerprint density at radius 3 is 2.71 bits per heavy atom. The molecule has 1 saturated heterocycles. The van der Waals surface area contributed by atoms with Crippen molar-refractivity contribution in [1.82, 2.24) is 9.88 Å². The Kier molecular flexibility index (Phi) is 4.70. The molecule has 0 aliphatic carbocycles. The number of carbonyl (C=O) groups is 1. The molecule has 1 atom stereocenters. The van der Waals surface area contributed by atoms with Gasteiger partial charge in [-0.25, -0.2) is 9.78 Å². The number of ether oxygens (including phenoxy) is 2. The second-order valence-corrected chi connectivity index (χ2v) is 6.40. The molecule has 1 amide bonds. The molecule has 0 spiro atoms. The molecule has 2 rings (SSSR count). The minimum absolute atomic E-state index is 0.228. The van der Waals surface area contributed by atoms with Gasteiger partial charge in [0.2, 0.25) is 5.88 Å². The Morgan fingerprint density at radius 2 is 2.14 bits per heavy atom. The predicted octanol–water partition coefficient (Wildman–Crippen LogP) is 3.20. The Balaban J connectivity index is 2.01. The van der Waals surface area contributed by atoms with Crippen molar-refractivity contribution in [2.24, 2.45) is 0 Å². The van der Waals surface area contributed by atoms with Crippen molar-refractivity contribution in [1.29, 1.82) is 0 Å². The summed E-state index contributed by atoms with van der Waals surface area (Å²) in [5, 5.41) is 0. The summed E-state index contributed by atoms with van der Waals surface area (Å²) in [7, 11) is 1.60. The van der Waals surface area contributed by atoms with Crippen LogP contribution in [-0.2, 0) is 4.74 Å². The molecule has 21 heavy (non-hydrogen) atoms. The number of aromatic nitrogens is 1. The quantitative estimate of drug-likeness (QED) is 0.840. The number of rotatable bonds is 2. The fourth-order valence-corrected chi connectivity index (χ4v) is 2.50. The van der Waals surface area contributed by atoms with E-state index in [0.717, 1.165) is 24.9 Å². The average Bonchev–Trinajstić information content (AvgIpc) is 2.46. The van der Waals surface area contributed by atoms with Gasteiger partial charge in [-0.05, 0) is 39.2 Å². The summed E-state index contributed by atoms with van der Waals surface area (Å²) in [6.07, 6.45) is 3.65. The maximum atomic E-state index is 12.2. The molecule has 2 heterocycles. The van der Waals surface area contributed by atoms with Gasteiger partial charge in [0.15, 0.2) is 0 Å². The summed E-state index contributed by atoms with van der Waals surface area (Å²) < 4.78 is 10.5. The number of hydrogen-bond acceptors (Lipinski definition) is 4. The van der Waals surface area contributed by atoms with Crippen molar-refractivity contribution in [3.63, 3.8) is 0 Å². The van der Waals surface area contributed by atoms with Crippen molar-refractivity contribution >= 4 is 6.09 Å². The molecule has 1 aliphatic heterocycles. The van der Waals surface area contributed by atoms with E-state index in [2.05, 4.69) is 4.98 Å². The first-order chi connectivity index (χ1) is 9.89. The van der Waals surface area contributed by atoms with Crippen LogP contribution in [0.2, 0.25) is 0 Å². The van der Waals surface area contributed by atoms with Crippen LogP contribution in [0.25, 0.3) is 0 Å². The number of methoxy groups -OCH3 is 1. The number of amides is 1. The summed E-state index contributed by atoms with van der Waals surface area (Å²) in [6.45, 7) is 7.11. The van der Waals surface area contributed by atoms with Crippen LogP contribution in [0.3, 0.4) is 0 Å². The van der Waals surface area contributed by atoms with Crippen molar-refractivity contribution in [2.75, 3.05) is 20.2 Å². The largest absolute Gasteiger partial charge is 0.481 e. The van der Waals surface area contributed by atoms with E-state index in [4.69, 9.17) is 9.47 Å². The third kappa shape index (κ3) is 4.34. The second kappa shape index (κ2) is 6.33. The molecule has 1 aromatic rings. The number of pyridine rings is 1. The standard InChI is InChI=1S/C16H24N2O3/c1-16(2,3)21-15(19)18-9-5-6-13(11-18)12-7-8-14(20-4)17-10-12/h7-8,10,13H,5-6,9,11H2,1-4H3. The number of likely N-dealkylation sites (tertiary alicyclic amines) is 1. The Hall–Kier alpha value is -1.78. The number of piperidine rings is 1. The molecule has 5 nitrogen and oxygen atoms in total. The molecule has 0 saturated carbocycles. The highest BCUT2D eigenvalue weighted by Crippen LogP contribution is 2.28. The first-order valence-corrected chi connectivity index (χ1v) is 7.37. The highest BCUT2D eigenvalue weighted by Gasteiger charge is 2.28. The van der Waals surface area contributed by atoms with E-state index in [-0.39, 0.29) is 6.09 Å². The molecule has 0 aromatic carbocycles. The van der Waals surface area contributed by atoms with Gasteiger partial charge in [0.05, 0.1) is 7.11 Å². The maximum Gasteiger partial charge on any atom is 0.410 e. The molecule has 5 heteroatoms. The van der Waals surface area contributed by atoms with Crippen LogP contribution < -0.4 is 4.74 Å². The van der Waals surface area contributed by atoms with E-state index in [1.165, 1.54) is 0 Å². The molecule has 0 radical (unpaired) electrons. The maximum absolute atomic E-state index is 12.2. The van der Waals surface area contributed by atoms with Crippen LogP contribution in [0.15, 0.2) is 18.3 Å². The van der Waals surface area contributed by atoms with Gasteiger partial charge in [-0.3, -0.25) is 0 Å². The SMILES string of the molecule is COc1ccc(C2CCCN(C(=O)OC(C)(C)C)C2)cn1. The summed E-state index contributed by atoms with van der Waals surface area (Å²) in [4.78, 5) is 18.2. The van der Waals surface area contributed by atoms with E-state index in [1.54, 1.807) is 12.0 Å². The van der Waals surface area contributed by atoms with Gasteiger partial charge < -0.3 is 14.4 Å². The lowest BCUT2D eigenvalue weighted by Gasteiger charge is -2.34. The van der Waals surface area contributed by atoms with Crippen LogP contribution in [0.1, 0.15) is 45.1 Å². The highest BCUT2D eigenvalue weighted by atomic mass is 16.6. The topological polar surface area (TPSA) is 51.7 Å². The monoisotopic (exact) mass is 292 g/mol. The Morgan fingerprint density at radius 1 is 1.38 bits per heavy atom. The predicted molar refractivity (Wildman–Crippen MR) is 80.6 cm³/mol. The van der Waals surface area contributed by atoms with Crippen LogP contribution in [-0.4, -0.2) is 41.8 Å². The molecular formula is C16H24N2O3. The van der Waals surface area contributed by atoms with Crippen LogP contribution in [0, 0.1) is 0 Å². The van der Waals surface area contributed by atoms with Gasteiger partial charge >= 0.3 is 6.09 Å². The minimum atomic E-state index is -0.453. The molecular weight excluding hydrogens is 268 g/mol. The molecule has 0 bridgehead atoms. The Bertz CT molecular complexity index is 479. The molecule has 1 fully saturated rings. The number of nitrogens with zero attached hydrogens (tertiary/aromatic N) is 2. The summed E-state index contributed by atoms with van der Waals surface area (Å²) >= 11 is 0. The van der Waals surface area contributed by atoms with Crippen LogP contribution >= 0.6 is 0 Å². The van der Waals surface area contributed by atoms with Crippen molar-refractivity contribution in [3.05, 3.63) is 23.9 Å². The zero-order valence-corrected chi connectivity index (χ0v) is 13.3.